The zero-order chi connectivity index (χ0) is 12.0. The molecular formula is C12H23ClN2O2. The molecule has 1 aliphatic rings. The fourth-order valence-electron chi connectivity index (χ4n) is 2.39. The summed E-state index contributed by atoms with van der Waals surface area (Å²) in [6.07, 6.45) is 6.08. The van der Waals surface area contributed by atoms with Gasteiger partial charge in [0.05, 0.1) is 18.9 Å². The van der Waals surface area contributed by atoms with E-state index in [1.54, 1.807) is 13.4 Å². The maximum absolute atomic E-state index is 11.8. The van der Waals surface area contributed by atoms with Gasteiger partial charge in [-0.1, -0.05) is 12.8 Å². The molecule has 0 aromatic rings. The highest BCUT2D eigenvalue weighted by Crippen LogP contribution is 2.28. The molecule has 1 rings (SSSR count). The van der Waals surface area contributed by atoms with Gasteiger partial charge in [0, 0.05) is 20.1 Å². The molecule has 1 aliphatic carbocycles. The molecule has 2 unspecified atom stereocenters. The Hall–Kier alpha value is -0.770. The standard InChI is InChI=1S/C12H22N2O2.ClH/c1-4-16-12(15)10-7-5-6-8-11(10)14(3)9-13-2;/h9-11H,4-8H2,1-3H3;1H. The first kappa shape index (κ1) is 16.2. The summed E-state index contributed by atoms with van der Waals surface area (Å²) >= 11 is 0. The van der Waals surface area contributed by atoms with Gasteiger partial charge in [-0.15, -0.1) is 12.4 Å². The summed E-state index contributed by atoms with van der Waals surface area (Å²) in [7, 11) is 3.73. The number of carbonyl (C=O) groups excluding carboxylic acids is 1. The topological polar surface area (TPSA) is 41.9 Å². The van der Waals surface area contributed by atoms with Crippen LogP contribution in [0.2, 0.25) is 0 Å². The van der Waals surface area contributed by atoms with E-state index in [0.29, 0.717) is 6.61 Å². The quantitative estimate of drug-likeness (QED) is 0.443. The SMILES string of the molecule is CCOC(=O)C1CCCCC1N(C)C=NC.Cl. The molecule has 100 valence electrons. The number of ether oxygens (including phenoxy) is 1. The minimum Gasteiger partial charge on any atom is -0.466 e. The van der Waals surface area contributed by atoms with Crippen LogP contribution >= 0.6 is 12.4 Å². The van der Waals surface area contributed by atoms with Crippen LogP contribution in [0.5, 0.6) is 0 Å². The molecule has 17 heavy (non-hydrogen) atoms. The van der Waals surface area contributed by atoms with Crippen molar-refractivity contribution in [3.8, 4) is 0 Å². The van der Waals surface area contributed by atoms with Crippen molar-refractivity contribution < 1.29 is 9.53 Å². The molecule has 0 N–H and O–H groups in total. The number of rotatable bonds is 4. The summed E-state index contributed by atoms with van der Waals surface area (Å²) < 4.78 is 5.13. The smallest absolute Gasteiger partial charge is 0.311 e. The molecule has 0 aliphatic heterocycles. The second kappa shape index (κ2) is 8.34. The molecule has 2 atom stereocenters. The van der Waals surface area contributed by atoms with Gasteiger partial charge in [0.1, 0.15) is 0 Å². The van der Waals surface area contributed by atoms with Gasteiger partial charge in [-0.2, -0.15) is 0 Å². The summed E-state index contributed by atoms with van der Waals surface area (Å²) in [5.74, 6) is -0.0414. The Morgan fingerprint density at radius 1 is 1.47 bits per heavy atom. The maximum atomic E-state index is 11.8. The minimum atomic E-state index is -0.0523. The summed E-state index contributed by atoms with van der Waals surface area (Å²) in [5.41, 5.74) is 0. The van der Waals surface area contributed by atoms with Gasteiger partial charge >= 0.3 is 5.97 Å². The predicted molar refractivity (Wildman–Crippen MR) is 71.8 cm³/mol. The second-order valence-corrected chi connectivity index (χ2v) is 4.25. The normalized spacial score (nSPS) is 24.2. The van der Waals surface area contributed by atoms with Crippen LogP contribution in [0.25, 0.3) is 0 Å². The molecule has 0 aromatic heterocycles. The molecular weight excluding hydrogens is 240 g/mol. The average Bonchev–Trinajstić information content (AvgIpc) is 2.30. The lowest BCUT2D eigenvalue weighted by molar-refractivity contribution is -0.151. The highest BCUT2D eigenvalue weighted by molar-refractivity contribution is 5.85. The van der Waals surface area contributed by atoms with E-state index in [9.17, 15) is 4.79 Å². The number of halogens is 1. The van der Waals surface area contributed by atoms with Gasteiger partial charge in [0.2, 0.25) is 0 Å². The van der Waals surface area contributed by atoms with E-state index in [2.05, 4.69) is 4.99 Å². The number of hydrogen-bond acceptors (Lipinski definition) is 3. The Kier molecular flexibility index (Phi) is 7.96. The second-order valence-electron chi connectivity index (χ2n) is 4.25. The largest absolute Gasteiger partial charge is 0.466 e. The van der Waals surface area contributed by atoms with Gasteiger partial charge < -0.3 is 9.64 Å². The van der Waals surface area contributed by atoms with E-state index in [1.165, 1.54) is 6.42 Å². The number of hydrogen-bond donors (Lipinski definition) is 0. The highest BCUT2D eigenvalue weighted by atomic mass is 35.5. The molecule has 0 aromatic carbocycles. The first-order chi connectivity index (χ1) is 7.70. The number of carbonyl (C=O) groups is 1. The lowest BCUT2D eigenvalue weighted by Crippen LogP contribution is -2.43. The van der Waals surface area contributed by atoms with Crippen molar-refractivity contribution in [1.82, 2.24) is 4.90 Å². The average molecular weight is 263 g/mol. The molecule has 4 nitrogen and oxygen atoms in total. The van der Waals surface area contributed by atoms with Gasteiger partial charge in [0.25, 0.3) is 0 Å². The Bertz CT molecular complexity index is 259. The van der Waals surface area contributed by atoms with Crippen molar-refractivity contribution in [3.05, 3.63) is 0 Å². The van der Waals surface area contributed by atoms with Gasteiger partial charge in [-0.05, 0) is 19.8 Å². The van der Waals surface area contributed by atoms with Crippen LogP contribution in [-0.4, -0.2) is 44.0 Å². The van der Waals surface area contributed by atoms with Crippen LogP contribution in [0.15, 0.2) is 4.99 Å². The van der Waals surface area contributed by atoms with Crippen LogP contribution in [0.4, 0.5) is 0 Å². The molecule has 5 heteroatoms. The molecule has 1 fully saturated rings. The minimum absolute atomic E-state index is 0. The number of aliphatic imine (C=N–C) groups is 1. The third-order valence-corrected chi connectivity index (χ3v) is 3.14. The zero-order valence-corrected chi connectivity index (χ0v) is 11.7. The van der Waals surface area contributed by atoms with Crippen LogP contribution in [-0.2, 0) is 9.53 Å². The van der Waals surface area contributed by atoms with Crippen LogP contribution in [0.3, 0.4) is 0 Å². The van der Waals surface area contributed by atoms with E-state index in [4.69, 9.17) is 4.74 Å². The molecule has 1 saturated carbocycles. The Morgan fingerprint density at radius 2 is 2.12 bits per heavy atom. The maximum Gasteiger partial charge on any atom is 0.311 e. The summed E-state index contributed by atoms with van der Waals surface area (Å²) in [6, 6.07) is 0.247. The zero-order valence-electron chi connectivity index (χ0n) is 10.9. The van der Waals surface area contributed by atoms with Crippen molar-refractivity contribution >= 4 is 24.7 Å². The van der Waals surface area contributed by atoms with Crippen LogP contribution in [0.1, 0.15) is 32.6 Å². The van der Waals surface area contributed by atoms with E-state index in [0.717, 1.165) is 19.3 Å². The Labute approximate surface area is 110 Å². The van der Waals surface area contributed by atoms with E-state index < -0.39 is 0 Å². The van der Waals surface area contributed by atoms with Gasteiger partial charge in [0.15, 0.2) is 0 Å². The molecule has 0 amide bonds. The fraction of sp³-hybridized carbons (Fsp3) is 0.833. The first-order valence-electron chi connectivity index (χ1n) is 6.01. The predicted octanol–water partition coefficient (Wildman–Crippen LogP) is 2.12. The number of esters is 1. The molecule has 0 spiro atoms. The van der Waals surface area contributed by atoms with Crippen molar-refractivity contribution in [1.29, 1.82) is 0 Å². The van der Waals surface area contributed by atoms with E-state index in [1.807, 2.05) is 18.9 Å². The van der Waals surface area contributed by atoms with E-state index in [-0.39, 0.29) is 30.3 Å². The van der Waals surface area contributed by atoms with Crippen LogP contribution < -0.4 is 0 Å². The molecule has 0 heterocycles. The summed E-state index contributed by atoms with van der Waals surface area (Å²) in [4.78, 5) is 17.9. The molecule has 0 bridgehead atoms. The van der Waals surface area contributed by atoms with Crippen molar-refractivity contribution in [2.75, 3.05) is 20.7 Å². The van der Waals surface area contributed by atoms with E-state index >= 15 is 0 Å². The first-order valence-corrected chi connectivity index (χ1v) is 6.01. The summed E-state index contributed by atoms with van der Waals surface area (Å²) in [6.45, 7) is 2.32. The highest BCUT2D eigenvalue weighted by Gasteiger charge is 2.33. The molecule has 0 saturated heterocycles. The lowest BCUT2D eigenvalue weighted by Gasteiger charge is -2.35. The Balaban J connectivity index is 0.00000256. The van der Waals surface area contributed by atoms with Gasteiger partial charge in [-0.25, -0.2) is 0 Å². The monoisotopic (exact) mass is 262 g/mol. The Morgan fingerprint density at radius 3 is 2.71 bits per heavy atom. The van der Waals surface area contributed by atoms with Gasteiger partial charge in [-0.3, -0.25) is 9.79 Å². The number of nitrogens with zero attached hydrogens (tertiary/aromatic N) is 2. The van der Waals surface area contributed by atoms with Crippen LogP contribution in [0, 0.1) is 5.92 Å². The van der Waals surface area contributed by atoms with Crippen molar-refractivity contribution in [2.45, 2.75) is 38.6 Å². The third kappa shape index (κ3) is 4.54. The summed E-state index contributed by atoms with van der Waals surface area (Å²) in [5, 5.41) is 0. The van der Waals surface area contributed by atoms with Crippen molar-refractivity contribution in [3.63, 3.8) is 0 Å². The third-order valence-electron chi connectivity index (χ3n) is 3.14. The lowest BCUT2D eigenvalue weighted by atomic mass is 9.84. The van der Waals surface area contributed by atoms with Crippen molar-refractivity contribution in [2.24, 2.45) is 10.9 Å². The molecule has 0 radical (unpaired) electrons. The fourth-order valence-corrected chi connectivity index (χ4v) is 2.39.